The highest BCUT2D eigenvalue weighted by molar-refractivity contribution is 9.10. The molecule has 0 bridgehead atoms. The van der Waals surface area contributed by atoms with Crippen molar-refractivity contribution in [3.63, 3.8) is 0 Å². The molecule has 0 spiro atoms. The zero-order valence-corrected chi connectivity index (χ0v) is 13.6. The minimum absolute atomic E-state index is 0.0300. The molecule has 2 unspecified atom stereocenters. The maximum atomic E-state index is 12.1. The Kier molecular flexibility index (Phi) is 4.88. The molecule has 1 aromatic rings. The van der Waals surface area contributed by atoms with Crippen LogP contribution in [0.3, 0.4) is 0 Å². The average molecular weight is 356 g/mol. The van der Waals surface area contributed by atoms with E-state index in [0.717, 1.165) is 10.0 Å². The van der Waals surface area contributed by atoms with Crippen LogP contribution in [-0.2, 0) is 9.59 Å². The number of hydrogen-bond donors (Lipinski definition) is 1. The summed E-state index contributed by atoms with van der Waals surface area (Å²) in [6.07, 6.45) is 0. The number of carboxylic acid groups (broad SMARTS) is 1. The van der Waals surface area contributed by atoms with Crippen molar-refractivity contribution in [1.29, 1.82) is 0 Å². The Morgan fingerprint density at radius 2 is 2.14 bits per heavy atom. The third kappa shape index (κ3) is 3.75. The molecule has 1 aromatic carbocycles. The summed E-state index contributed by atoms with van der Waals surface area (Å²) in [4.78, 5) is 24.7. The molecule has 21 heavy (non-hydrogen) atoms. The van der Waals surface area contributed by atoms with Gasteiger partial charge in [0.1, 0.15) is 5.75 Å². The molecule has 1 N–H and O–H groups in total. The van der Waals surface area contributed by atoms with Crippen LogP contribution in [0, 0.1) is 18.8 Å². The lowest BCUT2D eigenvalue weighted by atomic mass is 9.99. The van der Waals surface area contributed by atoms with E-state index in [2.05, 4.69) is 15.9 Å². The number of carboxylic acids is 1. The van der Waals surface area contributed by atoms with Crippen molar-refractivity contribution in [2.45, 2.75) is 13.8 Å². The first-order chi connectivity index (χ1) is 9.88. The number of rotatable bonds is 4. The number of aliphatic carboxylic acids is 1. The Labute approximate surface area is 132 Å². The predicted molar refractivity (Wildman–Crippen MR) is 81.2 cm³/mol. The highest BCUT2D eigenvalue weighted by atomic mass is 79.9. The van der Waals surface area contributed by atoms with E-state index < -0.39 is 11.9 Å². The summed E-state index contributed by atoms with van der Waals surface area (Å²) in [5, 5.41) is 9.08. The minimum atomic E-state index is -0.847. The van der Waals surface area contributed by atoms with Crippen LogP contribution >= 0.6 is 15.9 Å². The van der Waals surface area contributed by atoms with Gasteiger partial charge < -0.3 is 14.7 Å². The number of halogens is 1. The van der Waals surface area contributed by atoms with Gasteiger partial charge in [0, 0.05) is 13.1 Å². The van der Waals surface area contributed by atoms with Gasteiger partial charge in [-0.25, -0.2) is 0 Å². The lowest BCUT2D eigenvalue weighted by molar-refractivity contribution is -0.142. The molecule has 1 aliphatic rings. The van der Waals surface area contributed by atoms with E-state index in [-0.39, 0.29) is 25.0 Å². The van der Waals surface area contributed by atoms with Crippen LogP contribution in [0.15, 0.2) is 22.7 Å². The lowest BCUT2D eigenvalue weighted by Gasteiger charge is -2.16. The zero-order chi connectivity index (χ0) is 15.6. The van der Waals surface area contributed by atoms with Crippen molar-refractivity contribution in [3.8, 4) is 5.75 Å². The lowest BCUT2D eigenvalue weighted by Crippen LogP contribution is -2.33. The minimum Gasteiger partial charge on any atom is -0.483 e. The first-order valence-electron chi connectivity index (χ1n) is 6.78. The molecule has 1 saturated heterocycles. The van der Waals surface area contributed by atoms with Crippen LogP contribution in [0.4, 0.5) is 0 Å². The van der Waals surface area contributed by atoms with Gasteiger partial charge in [-0.3, -0.25) is 9.59 Å². The van der Waals surface area contributed by atoms with Crippen molar-refractivity contribution in [3.05, 3.63) is 28.2 Å². The van der Waals surface area contributed by atoms with E-state index in [1.54, 1.807) is 11.0 Å². The highest BCUT2D eigenvalue weighted by Gasteiger charge is 2.36. The highest BCUT2D eigenvalue weighted by Crippen LogP contribution is 2.26. The van der Waals surface area contributed by atoms with Crippen molar-refractivity contribution >= 4 is 27.8 Å². The molecule has 1 aliphatic heterocycles. The summed E-state index contributed by atoms with van der Waals surface area (Å²) in [7, 11) is 0. The molecule has 114 valence electrons. The normalized spacial score (nSPS) is 21.4. The molecule has 0 radical (unpaired) electrons. The smallest absolute Gasteiger partial charge is 0.308 e. The fraction of sp³-hybridized carbons (Fsp3) is 0.467. The van der Waals surface area contributed by atoms with E-state index in [4.69, 9.17) is 9.84 Å². The quantitative estimate of drug-likeness (QED) is 0.899. The van der Waals surface area contributed by atoms with Crippen molar-refractivity contribution in [2.75, 3.05) is 19.7 Å². The third-order valence-corrected chi connectivity index (χ3v) is 4.34. The molecule has 6 heteroatoms. The van der Waals surface area contributed by atoms with E-state index >= 15 is 0 Å². The second-order valence-electron chi connectivity index (χ2n) is 5.44. The SMILES string of the molecule is Cc1ccc(OCC(=O)N2CC(C)C(C(=O)O)C2)c(Br)c1. The first kappa shape index (κ1) is 15.8. The van der Waals surface area contributed by atoms with E-state index in [9.17, 15) is 9.59 Å². The molecule has 2 atom stereocenters. The van der Waals surface area contributed by atoms with Crippen LogP contribution in [0.1, 0.15) is 12.5 Å². The summed E-state index contributed by atoms with van der Waals surface area (Å²) in [5.74, 6) is -0.938. The number of carbonyl (C=O) groups is 2. The second-order valence-corrected chi connectivity index (χ2v) is 6.30. The zero-order valence-electron chi connectivity index (χ0n) is 12.0. The van der Waals surface area contributed by atoms with Gasteiger partial charge in [0.15, 0.2) is 6.61 Å². The number of aryl methyl sites for hydroxylation is 1. The predicted octanol–water partition coefficient (Wildman–Crippen LogP) is 2.32. The number of benzene rings is 1. The Morgan fingerprint density at radius 1 is 1.43 bits per heavy atom. The van der Waals surface area contributed by atoms with Gasteiger partial charge in [0.2, 0.25) is 0 Å². The van der Waals surface area contributed by atoms with Gasteiger partial charge >= 0.3 is 5.97 Å². The van der Waals surface area contributed by atoms with Crippen molar-refractivity contribution in [2.24, 2.45) is 11.8 Å². The summed E-state index contributed by atoms with van der Waals surface area (Å²) in [6.45, 7) is 4.46. The monoisotopic (exact) mass is 355 g/mol. The topological polar surface area (TPSA) is 66.8 Å². The molecule has 0 saturated carbocycles. The fourth-order valence-electron chi connectivity index (χ4n) is 2.45. The number of hydrogen-bond acceptors (Lipinski definition) is 3. The van der Waals surface area contributed by atoms with Gasteiger partial charge in [-0.2, -0.15) is 0 Å². The molecular formula is C15H18BrNO4. The Hall–Kier alpha value is -1.56. The van der Waals surface area contributed by atoms with Gasteiger partial charge in [0.25, 0.3) is 5.91 Å². The number of likely N-dealkylation sites (tertiary alicyclic amines) is 1. The maximum Gasteiger partial charge on any atom is 0.308 e. The Bertz CT molecular complexity index is 561. The number of nitrogens with zero attached hydrogens (tertiary/aromatic N) is 1. The molecule has 0 aliphatic carbocycles. The average Bonchev–Trinajstić information content (AvgIpc) is 2.80. The Morgan fingerprint density at radius 3 is 2.71 bits per heavy atom. The maximum absolute atomic E-state index is 12.1. The molecule has 1 heterocycles. The third-order valence-electron chi connectivity index (χ3n) is 3.72. The van der Waals surface area contributed by atoms with Gasteiger partial charge in [-0.1, -0.05) is 13.0 Å². The largest absolute Gasteiger partial charge is 0.483 e. The number of carbonyl (C=O) groups excluding carboxylic acids is 1. The summed E-state index contributed by atoms with van der Waals surface area (Å²) in [6, 6.07) is 5.63. The van der Waals surface area contributed by atoms with E-state index in [1.807, 2.05) is 26.0 Å². The molecular weight excluding hydrogens is 338 g/mol. The number of ether oxygens (including phenoxy) is 1. The van der Waals surface area contributed by atoms with Crippen LogP contribution in [0.2, 0.25) is 0 Å². The van der Waals surface area contributed by atoms with E-state index in [0.29, 0.717) is 12.3 Å². The summed E-state index contributed by atoms with van der Waals surface area (Å²) in [5.41, 5.74) is 1.10. The van der Waals surface area contributed by atoms with Crippen LogP contribution in [-0.4, -0.2) is 41.6 Å². The molecule has 5 nitrogen and oxygen atoms in total. The molecule has 1 fully saturated rings. The first-order valence-corrected chi connectivity index (χ1v) is 7.57. The fourth-order valence-corrected chi connectivity index (χ4v) is 3.05. The van der Waals surface area contributed by atoms with Gasteiger partial charge in [-0.15, -0.1) is 0 Å². The standard InChI is InChI=1S/C15H18BrNO4/c1-9-3-4-13(12(16)5-9)21-8-14(18)17-6-10(2)11(7-17)15(19)20/h3-5,10-11H,6-8H2,1-2H3,(H,19,20). The van der Waals surface area contributed by atoms with Crippen LogP contribution in [0.5, 0.6) is 5.75 Å². The Balaban J connectivity index is 1.92. The van der Waals surface area contributed by atoms with Gasteiger partial charge in [0.05, 0.1) is 10.4 Å². The van der Waals surface area contributed by atoms with Gasteiger partial charge in [-0.05, 0) is 46.5 Å². The molecule has 0 aromatic heterocycles. The molecule has 1 amide bonds. The molecule has 2 rings (SSSR count). The second kappa shape index (κ2) is 6.47. The van der Waals surface area contributed by atoms with Crippen LogP contribution in [0.25, 0.3) is 0 Å². The van der Waals surface area contributed by atoms with Crippen LogP contribution < -0.4 is 4.74 Å². The summed E-state index contributed by atoms with van der Waals surface area (Å²) >= 11 is 3.39. The number of amides is 1. The van der Waals surface area contributed by atoms with Crippen molar-refractivity contribution in [1.82, 2.24) is 4.90 Å². The van der Waals surface area contributed by atoms with E-state index in [1.165, 1.54) is 0 Å². The summed E-state index contributed by atoms with van der Waals surface area (Å²) < 4.78 is 6.31. The van der Waals surface area contributed by atoms with Crippen molar-refractivity contribution < 1.29 is 19.4 Å².